The minimum atomic E-state index is -1.19. The predicted molar refractivity (Wildman–Crippen MR) is 142 cm³/mol. The zero-order chi connectivity index (χ0) is 25.4. The zero-order valence-electron chi connectivity index (χ0n) is 20.7. The van der Waals surface area contributed by atoms with Crippen molar-refractivity contribution in [1.29, 1.82) is 0 Å². The molecule has 0 aliphatic carbocycles. The van der Waals surface area contributed by atoms with Crippen molar-refractivity contribution in [2.24, 2.45) is 0 Å². The summed E-state index contributed by atoms with van der Waals surface area (Å²) in [5.41, 5.74) is 3.71. The quantitative estimate of drug-likeness (QED) is 0.405. The largest absolute Gasteiger partial charge is 0.497 e. The van der Waals surface area contributed by atoms with Gasteiger partial charge in [-0.2, -0.15) is 5.10 Å². The molecule has 2 aromatic carbocycles. The number of benzene rings is 2. The number of hydrogen-bond acceptors (Lipinski definition) is 5. The Balaban J connectivity index is 1.52. The van der Waals surface area contributed by atoms with Gasteiger partial charge in [0.25, 0.3) is 5.91 Å². The van der Waals surface area contributed by atoms with Gasteiger partial charge in [0, 0.05) is 12.2 Å². The van der Waals surface area contributed by atoms with Gasteiger partial charge in [-0.15, -0.1) is 11.3 Å². The topological polar surface area (TPSA) is 76.5 Å². The molecule has 184 valence electrons. The fourth-order valence-corrected chi connectivity index (χ4v) is 5.36. The molecule has 8 heteroatoms. The fourth-order valence-electron chi connectivity index (χ4n) is 4.68. The lowest BCUT2D eigenvalue weighted by Crippen LogP contribution is -2.64. The number of aryl methyl sites for hydroxylation is 2. The van der Waals surface area contributed by atoms with Gasteiger partial charge < -0.3 is 10.1 Å². The summed E-state index contributed by atoms with van der Waals surface area (Å²) in [7, 11) is 1.62. The van der Waals surface area contributed by atoms with E-state index in [0.717, 1.165) is 38.7 Å². The second-order valence-electron chi connectivity index (χ2n) is 9.28. The van der Waals surface area contributed by atoms with E-state index in [-0.39, 0.29) is 18.4 Å². The lowest BCUT2D eigenvalue weighted by atomic mass is 9.92. The summed E-state index contributed by atoms with van der Waals surface area (Å²) in [5, 5.41) is 9.74. The number of anilines is 1. The Kier molecular flexibility index (Phi) is 6.14. The van der Waals surface area contributed by atoms with E-state index >= 15 is 0 Å². The minimum Gasteiger partial charge on any atom is -0.497 e. The molecule has 3 heterocycles. The van der Waals surface area contributed by atoms with Crippen LogP contribution < -0.4 is 15.0 Å². The molecule has 0 saturated heterocycles. The molecule has 5 rings (SSSR count). The highest BCUT2D eigenvalue weighted by Gasteiger charge is 2.49. The number of ether oxygens (including phenoxy) is 1. The van der Waals surface area contributed by atoms with Crippen molar-refractivity contribution in [2.75, 3.05) is 12.0 Å². The van der Waals surface area contributed by atoms with Crippen LogP contribution >= 0.6 is 11.3 Å². The zero-order valence-corrected chi connectivity index (χ0v) is 21.6. The van der Waals surface area contributed by atoms with Crippen molar-refractivity contribution >= 4 is 28.8 Å². The van der Waals surface area contributed by atoms with Gasteiger partial charge in [-0.25, -0.2) is 0 Å². The highest BCUT2D eigenvalue weighted by molar-refractivity contribution is 7.13. The molecule has 0 spiro atoms. The highest BCUT2D eigenvalue weighted by Crippen LogP contribution is 2.36. The van der Waals surface area contributed by atoms with Gasteiger partial charge in [0.15, 0.2) is 0 Å². The van der Waals surface area contributed by atoms with Crippen LogP contribution in [0.2, 0.25) is 0 Å². The molecule has 7 nitrogen and oxygen atoms in total. The number of amides is 2. The van der Waals surface area contributed by atoms with E-state index in [2.05, 4.69) is 5.32 Å². The standard InChI is InChI=1S/C28H28N4O3S/c1-18-7-12-23(19(2)14-18)32-26(33)24-15-22(25-6-5-13-36-25)30-31(24)17-28(32,3)27(34)29-16-20-8-10-21(35-4)11-9-20/h5-15H,16-17H2,1-4H3,(H,29,34). The molecule has 36 heavy (non-hydrogen) atoms. The maximum absolute atomic E-state index is 14.0. The summed E-state index contributed by atoms with van der Waals surface area (Å²) in [6, 6.07) is 19.2. The Hall–Kier alpha value is -3.91. The Morgan fingerprint density at radius 2 is 1.92 bits per heavy atom. The summed E-state index contributed by atoms with van der Waals surface area (Å²) in [6.07, 6.45) is 0. The van der Waals surface area contributed by atoms with Crippen molar-refractivity contribution in [2.45, 2.75) is 39.4 Å². The van der Waals surface area contributed by atoms with Crippen molar-refractivity contribution in [3.63, 3.8) is 0 Å². The van der Waals surface area contributed by atoms with Gasteiger partial charge in [0.05, 0.1) is 18.5 Å². The fraction of sp³-hybridized carbons (Fsp3) is 0.250. The van der Waals surface area contributed by atoms with Gasteiger partial charge in [0.1, 0.15) is 22.7 Å². The van der Waals surface area contributed by atoms with Crippen LogP contribution in [0.3, 0.4) is 0 Å². The monoisotopic (exact) mass is 500 g/mol. The maximum Gasteiger partial charge on any atom is 0.277 e. The number of hydrogen-bond donors (Lipinski definition) is 1. The molecule has 1 aliphatic rings. The summed E-state index contributed by atoms with van der Waals surface area (Å²) in [6.45, 7) is 6.36. The molecule has 4 aromatic rings. The Morgan fingerprint density at radius 1 is 1.14 bits per heavy atom. The predicted octanol–water partition coefficient (Wildman–Crippen LogP) is 4.97. The van der Waals surface area contributed by atoms with Crippen LogP contribution in [-0.4, -0.2) is 34.2 Å². The lowest BCUT2D eigenvalue weighted by molar-refractivity contribution is -0.126. The first-order chi connectivity index (χ1) is 17.3. The van der Waals surface area contributed by atoms with Crippen molar-refractivity contribution in [3.05, 3.63) is 88.4 Å². The molecule has 2 amide bonds. The normalized spacial score (nSPS) is 17.1. The number of rotatable bonds is 6. The minimum absolute atomic E-state index is 0.237. The van der Waals surface area contributed by atoms with E-state index in [1.54, 1.807) is 28.0 Å². The number of fused-ring (bicyclic) bond motifs is 1. The van der Waals surface area contributed by atoms with Crippen LogP contribution in [0.15, 0.2) is 66.0 Å². The maximum atomic E-state index is 14.0. The number of nitrogens with zero attached hydrogens (tertiary/aromatic N) is 3. The van der Waals surface area contributed by atoms with E-state index in [4.69, 9.17) is 9.84 Å². The summed E-state index contributed by atoms with van der Waals surface area (Å²) in [5.74, 6) is 0.264. The van der Waals surface area contributed by atoms with Gasteiger partial charge in [0.2, 0.25) is 5.91 Å². The molecule has 2 aromatic heterocycles. The highest BCUT2D eigenvalue weighted by atomic mass is 32.1. The molecule has 0 saturated carbocycles. The van der Waals surface area contributed by atoms with Crippen LogP contribution in [-0.2, 0) is 17.9 Å². The smallest absolute Gasteiger partial charge is 0.277 e. The van der Waals surface area contributed by atoms with Crippen molar-refractivity contribution in [1.82, 2.24) is 15.1 Å². The molecule has 1 N–H and O–H groups in total. The first kappa shape index (κ1) is 23.8. The molecule has 1 unspecified atom stereocenters. The van der Waals surface area contributed by atoms with E-state index in [1.165, 1.54) is 0 Å². The molecular formula is C28H28N4O3S. The molecule has 0 bridgehead atoms. The van der Waals surface area contributed by atoms with Crippen LogP contribution in [0, 0.1) is 13.8 Å². The van der Waals surface area contributed by atoms with E-state index < -0.39 is 5.54 Å². The first-order valence-corrected chi connectivity index (χ1v) is 12.6. The third kappa shape index (κ3) is 4.18. The van der Waals surface area contributed by atoms with Crippen LogP contribution in [0.5, 0.6) is 5.75 Å². The SMILES string of the molecule is COc1ccc(CNC(=O)C2(C)Cn3nc(-c4cccs4)cc3C(=O)N2c2ccc(C)cc2C)cc1. The van der Waals surface area contributed by atoms with Crippen molar-refractivity contribution in [3.8, 4) is 16.3 Å². The molecule has 0 fully saturated rings. The number of nitrogens with one attached hydrogen (secondary N) is 1. The number of aromatic nitrogens is 2. The first-order valence-electron chi connectivity index (χ1n) is 11.7. The second kappa shape index (κ2) is 9.28. The van der Waals surface area contributed by atoms with Gasteiger partial charge >= 0.3 is 0 Å². The molecular weight excluding hydrogens is 472 g/mol. The molecule has 1 atom stereocenters. The van der Waals surface area contributed by atoms with Crippen LogP contribution in [0.1, 0.15) is 34.1 Å². The Morgan fingerprint density at radius 3 is 2.58 bits per heavy atom. The second-order valence-corrected chi connectivity index (χ2v) is 10.2. The van der Waals surface area contributed by atoms with E-state index in [1.807, 2.05) is 86.8 Å². The average Bonchev–Trinajstić information content (AvgIpc) is 3.54. The number of thiophene rings is 1. The average molecular weight is 501 g/mol. The van der Waals surface area contributed by atoms with E-state index in [9.17, 15) is 9.59 Å². The number of carbonyl (C=O) groups is 2. The Labute approximate surface area is 214 Å². The third-order valence-electron chi connectivity index (χ3n) is 6.62. The van der Waals surface area contributed by atoms with Gasteiger partial charge in [-0.1, -0.05) is 35.9 Å². The summed E-state index contributed by atoms with van der Waals surface area (Å²) in [4.78, 5) is 30.4. The van der Waals surface area contributed by atoms with E-state index in [0.29, 0.717) is 12.2 Å². The summed E-state index contributed by atoms with van der Waals surface area (Å²) >= 11 is 1.57. The van der Waals surface area contributed by atoms with Crippen LogP contribution in [0.25, 0.3) is 10.6 Å². The third-order valence-corrected chi connectivity index (χ3v) is 7.51. The number of methoxy groups -OCH3 is 1. The number of carbonyl (C=O) groups excluding carboxylic acids is 2. The molecule has 1 aliphatic heterocycles. The Bertz CT molecular complexity index is 1430. The lowest BCUT2D eigenvalue weighted by Gasteiger charge is -2.43. The summed E-state index contributed by atoms with van der Waals surface area (Å²) < 4.78 is 6.89. The van der Waals surface area contributed by atoms with Crippen molar-refractivity contribution < 1.29 is 14.3 Å². The van der Waals surface area contributed by atoms with Gasteiger partial charge in [-0.05, 0) is 67.6 Å². The van der Waals surface area contributed by atoms with Crippen LogP contribution in [0.4, 0.5) is 5.69 Å². The van der Waals surface area contributed by atoms with Gasteiger partial charge in [-0.3, -0.25) is 19.2 Å². The molecule has 0 radical (unpaired) electrons.